The highest BCUT2D eigenvalue weighted by molar-refractivity contribution is 9.10. The molecule has 0 radical (unpaired) electrons. The summed E-state index contributed by atoms with van der Waals surface area (Å²) in [5, 5.41) is 0.584. The molecule has 0 unspecified atom stereocenters. The molecule has 0 fully saturated rings. The molecule has 2 aromatic rings. The predicted octanol–water partition coefficient (Wildman–Crippen LogP) is 2.54. The number of nitrogen functional groups attached to an aromatic ring is 1. The maximum absolute atomic E-state index is 5.73. The van der Waals surface area contributed by atoms with Gasteiger partial charge in [0, 0.05) is 6.20 Å². The highest BCUT2D eigenvalue weighted by atomic mass is 79.9. The lowest BCUT2D eigenvalue weighted by atomic mass is 10.3. The van der Waals surface area contributed by atoms with E-state index in [0.717, 1.165) is 0 Å². The molecule has 0 saturated heterocycles. The van der Waals surface area contributed by atoms with Crippen LogP contribution in [0.2, 0.25) is 5.02 Å². The minimum atomic E-state index is 0.354. The van der Waals surface area contributed by atoms with Gasteiger partial charge in [-0.15, -0.1) is 0 Å². The van der Waals surface area contributed by atoms with Gasteiger partial charge in [0.25, 0.3) is 0 Å². The van der Waals surface area contributed by atoms with Crippen LogP contribution in [0.4, 0.5) is 5.82 Å². The van der Waals surface area contributed by atoms with E-state index in [1.807, 2.05) is 0 Å². The van der Waals surface area contributed by atoms with Crippen molar-refractivity contribution in [2.75, 3.05) is 5.73 Å². The van der Waals surface area contributed by atoms with E-state index in [-0.39, 0.29) is 0 Å². The fourth-order valence-electron chi connectivity index (χ4n) is 1.03. The number of pyridine rings is 1. The van der Waals surface area contributed by atoms with Gasteiger partial charge in [-0.25, -0.2) is 9.97 Å². The number of nitrogens with zero attached hydrogens (tertiary/aromatic N) is 3. The quantitative estimate of drug-likeness (QED) is 0.874. The Labute approximate surface area is 99.7 Å². The smallest absolute Gasteiger partial charge is 0.156 e. The van der Waals surface area contributed by atoms with Crippen molar-refractivity contribution >= 4 is 33.3 Å². The molecule has 0 bridgehead atoms. The van der Waals surface area contributed by atoms with Crippen LogP contribution in [0.1, 0.15) is 0 Å². The third-order valence-corrected chi connectivity index (χ3v) is 2.55. The van der Waals surface area contributed by atoms with Crippen molar-refractivity contribution < 1.29 is 0 Å². The van der Waals surface area contributed by atoms with Crippen molar-refractivity contribution in [3.63, 3.8) is 0 Å². The molecular weight excluding hydrogens is 279 g/mol. The summed E-state index contributed by atoms with van der Waals surface area (Å²) >= 11 is 8.93. The van der Waals surface area contributed by atoms with Gasteiger partial charge in [-0.2, -0.15) is 0 Å². The minimum absolute atomic E-state index is 0.354. The molecule has 15 heavy (non-hydrogen) atoms. The largest absolute Gasteiger partial charge is 0.381 e. The minimum Gasteiger partial charge on any atom is -0.381 e. The van der Waals surface area contributed by atoms with Crippen LogP contribution >= 0.6 is 27.5 Å². The van der Waals surface area contributed by atoms with Crippen LogP contribution in [0.15, 0.2) is 29.1 Å². The molecule has 2 N–H and O–H groups in total. The molecule has 4 nitrogen and oxygen atoms in total. The van der Waals surface area contributed by atoms with E-state index in [1.165, 1.54) is 0 Å². The Kier molecular flexibility index (Phi) is 2.83. The Morgan fingerprint density at radius 3 is 2.53 bits per heavy atom. The molecule has 0 aliphatic heterocycles. The van der Waals surface area contributed by atoms with Gasteiger partial charge in [-0.05, 0) is 28.1 Å². The summed E-state index contributed by atoms with van der Waals surface area (Å²) in [5.74, 6) is 0.354. The van der Waals surface area contributed by atoms with Crippen LogP contribution in [-0.2, 0) is 0 Å². The predicted molar refractivity (Wildman–Crippen MR) is 62.4 cm³/mol. The lowest BCUT2D eigenvalue weighted by Gasteiger charge is -2.01. The van der Waals surface area contributed by atoms with E-state index in [1.54, 1.807) is 24.5 Å². The molecule has 0 aliphatic carbocycles. The van der Waals surface area contributed by atoms with Crippen molar-refractivity contribution in [3.8, 4) is 11.4 Å². The zero-order valence-electron chi connectivity index (χ0n) is 7.48. The molecular formula is C9H6BrClN4. The molecule has 0 saturated carbocycles. The highest BCUT2D eigenvalue weighted by Gasteiger charge is 2.04. The fourth-order valence-corrected chi connectivity index (χ4v) is 1.43. The van der Waals surface area contributed by atoms with Gasteiger partial charge in [0.1, 0.15) is 10.3 Å². The third kappa shape index (κ3) is 2.24. The van der Waals surface area contributed by atoms with Gasteiger partial charge < -0.3 is 5.73 Å². The molecule has 76 valence electrons. The summed E-state index contributed by atoms with van der Waals surface area (Å²) in [7, 11) is 0. The molecule has 0 aliphatic rings. The van der Waals surface area contributed by atoms with E-state index in [4.69, 9.17) is 17.3 Å². The summed E-state index contributed by atoms with van der Waals surface area (Å²) in [5.41, 5.74) is 6.88. The van der Waals surface area contributed by atoms with E-state index in [0.29, 0.717) is 26.8 Å². The van der Waals surface area contributed by atoms with E-state index in [2.05, 4.69) is 30.9 Å². The van der Waals surface area contributed by atoms with Crippen LogP contribution in [0, 0.1) is 0 Å². The van der Waals surface area contributed by atoms with Crippen LogP contribution in [-0.4, -0.2) is 15.0 Å². The van der Waals surface area contributed by atoms with Crippen LogP contribution in [0.5, 0.6) is 0 Å². The first-order valence-electron chi connectivity index (χ1n) is 4.07. The maximum atomic E-state index is 5.73. The summed E-state index contributed by atoms with van der Waals surface area (Å²) in [6.07, 6.45) is 3.12. The second-order valence-corrected chi connectivity index (χ2v) is 3.98. The van der Waals surface area contributed by atoms with Crippen LogP contribution in [0.3, 0.4) is 0 Å². The Morgan fingerprint density at radius 1 is 1.13 bits per heavy atom. The number of rotatable bonds is 1. The first-order chi connectivity index (χ1) is 7.16. The number of aromatic nitrogens is 3. The Bertz CT molecular complexity index is 486. The van der Waals surface area contributed by atoms with Crippen molar-refractivity contribution in [1.82, 2.24) is 15.0 Å². The van der Waals surface area contributed by atoms with Gasteiger partial charge in [-0.1, -0.05) is 11.6 Å². The van der Waals surface area contributed by atoms with E-state index < -0.39 is 0 Å². The molecule has 0 atom stereocenters. The average molecular weight is 286 g/mol. The molecule has 0 amide bonds. The standard InChI is InChI=1S/C9H6BrClN4/c10-8-9(12)14-4-7(15-8)6-2-1-5(11)3-13-6/h1-4H,(H2,12,14). The first-order valence-corrected chi connectivity index (χ1v) is 5.24. The van der Waals surface area contributed by atoms with Gasteiger partial charge in [0.15, 0.2) is 5.82 Å². The van der Waals surface area contributed by atoms with Crippen molar-refractivity contribution in [2.24, 2.45) is 0 Å². The third-order valence-electron chi connectivity index (χ3n) is 1.75. The summed E-state index contributed by atoms with van der Waals surface area (Å²) in [6, 6.07) is 3.52. The highest BCUT2D eigenvalue weighted by Crippen LogP contribution is 2.20. The lowest BCUT2D eigenvalue weighted by Crippen LogP contribution is -1.96. The second kappa shape index (κ2) is 4.12. The summed E-state index contributed by atoms with van der Waals surface area (Å²) < 4.78 is 0.511. The average Bonchev–Trinajstić information content (AvgIpc) is 2.23. The SMILES string of the molecule is Nc1ncc(-c2ccc(Cl)cn2)nc1Br. The number of nitrogens with two attached hydrogens (primary N) is 1. The second-order valence-electron chi connectivity index (χ2n) is 2.79. The summed E-state index contributed by atoms with van der Waals surface area (Å²) in [6.45, 7) is 0. The monoisotopic (exact) mass is 284 g/mol. The van der Waals surface area contributed by atoms with E-state index in [9.17, 15) is 0 Å². The van der Waals surface area contributed by atoms with Gasteiger partial charge in [0.2, 0.25) is 0 Å². The van der Waals surface area contributed by atoms with E-state index >= 15 is 0 Å². The Morgan fingerprint density at radius 2 is 1.93 bits per heavy atom. The van der Waals surface area contributed by atoms with Gasteiger partial charge in [-0.3, -0.25) is 4.98 Å². The number of anilines is 1. The first kappa shape index (κ1) is 10.3. The summed E-state index contributed by atoms with van der Waals surface area (Å²) in [4.78, 5) is 12.3. The number of hydrogen-bond donors (Lipinski definition) is 1. The van der Waals surface area contributed by atoms with Gasteiger partial charge >= 0.3 is 0 Å². The Balaban J connectivity index is 2.45. The molecule has 2 heterocycles. The fraction of sp³-hybridized carbons (Fsp3) is 0. The lowest BCUT2D eigenvalue weighted by molar-refractivity contribution is 1.16. The topological polar surface area (TPSA) is 64.7 Å². The molecule has 0 aromatic carbocycles. The molecule has 0 spiro atoms. The zero-order valence-corrected chi connectivity index (χ0v) is 9.83. The van der Waals surface area contributed by atoms with Crippen molar-refractivity contribution in [1.29, 1.82) is 0 Å². The number of hydrogen-bond acceptors (Lipinski definition) is 4. The number of halogens is 2. The molecule has 2 aromatic heterocycles. The van der Waals surface area contributed by atoms with Crippen molar-refractivity contribution in [2.45, 2.75) is 0 Å². The van der Waals surface area contributed by atoms with Crippen molar-refractivity contribution in [3.05, 3.63) is 34.2 Å². The molecule has 6 heteroatoms. The molecule has 2 rings (SSSR count). The Hall–Kier alpha value is -1.20. The van der Waals surface area contributed by atoms with Crippen LogP contribution in [0.25, 0.3) is 11.4 Å². The maximum Gasteiger partial charge on any atom is 0.156 e. The normalized spacial score (nSPS) is 10.3. The zero-order chi connectivity index (χ0) is 10.8. The van der Waals surface area contributed by atoms with Crippen LogP contribution < -0.4 is 5.73 Å². The van der Waals surface area contributed by atoms with Gasteiger partial charge in [0.05, 0.1) is 16.9 Å².